The summed E-state index contributed by atoms with van der Waals surface area (Å²) in [6.07, 6.45) is 3.68. The topological polar surface area (TPSA) is 83.9 Å². The van der Waals surface area contributed by atoms with Gasteiger partial charge in [-0.05, 0) is 37.5 Å². The number of aryl methyl sites for hydroxylation is 1. The summed E-state index contributed by atoms with van der Waals surface area (Å²) < 4.78 is 1.46. The maximum Gasteiger partial charge on any atom is 0.274 e. The molecule has 0 saturated carbocycles. The van der Waals surface area contributed by atoms with E-state index in [4.69, 9.17) is 4.98 Å². The molecule has 4 aromatic rings. The predicted octanol–water partition coefficient (Wildman–Crippen LogP) is 4.09. The fourth-order valence-electron chi connectivity index (χ4n) is 4.55. The Kier molecular flexibility index (Phi) is 5.47. The minimum atomic E-state index is -0.135. The van der Waals surface area contributed by atoms with E-state index in [0.29, 0.717) is 36.1 Å². The number of piperidine rings is 1. The SMILES string of the molecule is CCCCn1nc(C(=O)N2CCC[C@H](c3nc4ccccc4[nH]3)C2)c2ccccc2c1=O. The number of aromatic amines is 1. The molecular formula is C25H27N5O2. The Morgan fingerprint density at radius 2 is 1.91 bits per heavy atom. The third-order valence-electron chi connectivity index (χ3n) is 6.30. The molecule has 164 valence electrons. The first-order chi connectivity index (χ1) is 15.7. The van der Waals surface area contributed by atoms with Crippen LogP contribution in [0.2, 0.25) is 0 Å². The Morgan fingerprint density at radius 3 is 2.72 bits per heavy atom. The molecule has 0 aliphatic carbocycles. The number of para-hydroxylation sites is 2. The summed E-state index contributed by atoms with van der Waals surface area (Å²) in [5.74, 6) is 0.957. The highest BCUT2D eigenvalue weighted by Gasteiger charge is 2.29. The Hall–Kier alpha value is -3.48. The van der Waals surface area contributed by atoms with Gasteiger partial charge in [-0.2, -0.15) is 5.10 Å². The normalized spacial score (nSPS) is 16.7. The molecule has 1 N–H and O–H groups in total. The van der Waals surface area contributed by atoms with Crippen LogP contribution in [0.3, 0.4) is 0 Å². The van der Waals surface area contributed by atoms with Gasteiger partial charge in [-0.1, -0.05) is 43.7 Å². The van der Waals surface area contributed by atoms with Crippen molar-refractivity contribution in [1.29, 1.82) is 0 Å². The highest BCUT2D eigenvalue weighted by atomic mass is 16.2. The van der Waals surface area contributed by atoms with Crippen LogP contribution in [0.1, 0.15) is 54.8 Å². The van der Waals surface area contributed by atoms with Crippen LogP contribution in [0.15, 0.2) is 53.3 Å². The molecule has 2 aromatic carbocycles. The second-order valence-corrected chi connectivity index (χ2v) is 8.51. The molecule has 2 aromatic heterocycles. The number of rotatable bonds is 5. The largest absolute Gasteiger partial charge is 0.342 e. The molecule has 1 atom stereocenters. The second kappa shape index (κ2) is 8.57. The zero-order valence-corrected chi connectivity index (χ0v) is 18.3. The molecular weight excluding hydrogens is 402 g/mol. The third kappa shape index (κ3) is 3.68. The number of nitrogens with zero attached hydrogens (tertiary/aromatic N) is 4. The molecule has 0 unspecified atom stereocenters. The number of hydrogen-bond donors (Lipinski definition) is 1. The van der Waals surface area contributed by atoms with Gasteiger partial charge in [0.2, 0.25) is 0 Å². The van der Waals surface area contributed by atoms with Gasteiger partial charge in [-0.3, -0.25) is 9.59 Å². The van der Waals surface area contributed by atoms with Crippen molar-refractivity contribution >= 4 is 27.7 Å². The van der Waals surface area contributed by atoms with Gasteiger partial charge in [-0.15, -0.1) is 0 Å². The van der Waals surface area contributed by atoms with E-state index in [1.165, 1.54) is 4.68 Å². The smallest absolute Gasteiger partial charge is 0.274 e. The molecule has 32 heavy (non-hydrogen) atoms. The van der Waals surface area contributed by atoms with E-state index in [0.717, 1.165) is 42.5 Å². The Labute approximate surface area is 186 Å². The van der Waals surface area contributed by atoms with E-state index < -0.39 is 0 Å². The number of carbonyl (C=O) groups is 1. The number of H-pyrrole nitrogens is 1. The van der Waals surface area contributed by atoms with Gasteiger partial charge in [0.25, 0.3) is 11.5 Å². The van der Waals surface area contributed by atoms with Gasteiger partial charge in [0.05, 0.1) is 16.4 Å². The molecule has 1 aliphatic rings. The van der Waals surface area contributed by atoms with Crippen LogP contribution in [-0.4, -0.2) is 43.6 Å². The lowest BCUT2D eigenvalue weighted by atomic mass is 9.97. The van der Waals surface area contributed by atoms with Gasteiger partial charge in [0.1, 0.15) is 5.82 Å². The van der Waals surface area contributed by atoms with Crippen molar-refractivity contribution in [3.63, 3.8) is 0 Å². The number of aromatic nitrogens is 4. The summed E-state index contributed by atoms with van der Waals surface area (Å²) in [4.78, 5) is 36.5. The van der Waals surface area contributed by atoms with E-state index >= 15 is 0 Å². The fraction of sp³-hybridized carbons (Fsp3) is 0.360. The summed E-state index contributed by atoms with van der Waals surface area (Å²) in [7, 11) is 0. The standard InChI is InChI=1S/C25H27N5O2/c1-2-3-15-30-24(31)19-11-5-4-10-18(19)22(28-30)25(32)29-14-8-9-17(16-29)23-26-20-12-6-7-13-21(20)27-23/h4-7,10-13,17H,2-3,8-9,14-16H2,1H3,(H,26,27)/t17-/m0/s1. The fourth-order valence-corrected chi connectivity index (χ4v) is 4.55. The Bertz CT molecular complexity index is 1310. The lowest BCUT2D eigenvalue weighted by molar-refractivity contribution is 0.0698. The van der Waals surface area contributed by atoms with Gasteiger partial charge in [0.15, 0.2) is 5.69 Å². The predicted molar refractivity (Wildman–Crippen MR) is 125 cm³/mol. The number of amides is 1. The number of fused-ring (bicyclic) bond motifs is 2. The molecule has 1 amide bonds. The lowest BCUT2D eigenvalue weighted by Crippen LogP contribution is -2.40. The zero-order valence-electron chi connectivity index (χ0n) is 18.3. The summed E-state index contributed by atoms with van der Waals surface area (Å²) in [6, 6.07) is 15.3. The average Bonchev–Trinajstić information content (AvgIpc) is 3.28. The van der Waals surface area contributed by atoms with Gasteiger partial charge >= 0.3 is 0 Å². The van der Waals surface area contributed by atoms with E-state index in [2.05, 4.69) is 17.0 Å². The Morgan fingerprint density at radius 1 is 1.12 bits per heavy atom. The van der Waals surface area contributed by atoms with E-state index in [1.807, 2.05) is 47.4 Å². The molecule has 1 saturated heterocycles. The van der Waals surface area contributed by atoms with Crippen molar-refractivity contribution < 1.29 is 4.79 Å². The second-order valence-electron chi connectivity index (χ2n) is 8.51. The van der Waals surface area contributed by atoms with Crippen molar-refractivity contribution in [1.82, 2.24) is 24.6 Å². The number of carbonyl (C=O) groups excluding carboxylic acids is 1. The minimum Gasteiger partial charge on any atom is -0.342 e. The van der Waals surface area contributed by atoms with Crippen molar-refractivity contribution in [3.8, 4) is 0 Å². The number of likely N-dealkylation sites (tertiary alicyclic amines) is 1. The summed E-state index contributed by atoms with van der Waals surface area (Å²) in [6.45, 7) is 3.86. The maximum atomic E-state index is 13.6. The summed E-state index contributed by atoms with van der Waals surface area (Å²) >= 11 is 0. The quantitative estimate of drug-likeness (QED) is 0.518. The molecule has 1 aliphatic heterocycles. The molecule has 5 rings (SSSR count). The first-order valence-corrected chi connectivity index (χ1v) is 11.4. The third-order valence-corrected chi connectivity index (χ3v) is 6.30. The number of nitrogens with one attached hydrogen (secondary N) is 1. The molecule has 7 nitrogen and oxygen atoms in total. The van der Waals surface area contributed by atoms with Gasteiger partial charge in [0, 0.05) is 30.9 Å². The number of hydrogen-bond acceptors (Lipinski definition) is 4. The van der Waals surface area contributed by atoms with Crippen LogP contribution in [0.5, 0.6) is 0 Å². The van der Waals surface area contributed by atoms with Crippen molar-refractivity contribution in [2.24, 2.45) is 0 Å². The van der Waals surface area contributed by atoms with Crippen molar-refractivity contribution in [3.05, 3.63) is 70.4 Å². The molecule has 0 bridgehead atoms. The van der Waals surface area contributed by atoms with Crippen molar-refractivity contribution in [2.75, 3.05) is 13.1 Å². The number of unbranched alkanes of at least 4 members (excludes halogenated alkanes) is 1. The van der Waals surface area contributed by atoms with Crippen LogP contribution in [0.25, 0.3) is 21.8 Å². The molecule has 0 radical (unpaired) electrons. The van der Waals surface area contributed by atoms with E-state index in [-0.39, 0.29) is 17.4 Å². The Balaban J connectivity index is 1.48. The van der Waals surface area contributed by atoms with E-state index in [9.17, 15) is 9.59 Å². The highest BCUT2D eigenvalue weighted by molar-refractivity contribution is 6.04. The average molecular weight is 430 g/mol. The van der Waals surface area contributed by atoms with Crippen LogP contribution < -0.4 is 5.56 Å². The molecule has 1 fully saturated rings. The minimum absolute atomic E-state index is 0.118. The summed E-state index contributed by atoms with van der Waals surface area (Å²) in [5.41, 5.74) is 2.19. The zero-order chi connectivity index (χ0) is 22.1. The van der Waals surface area contributed by atoms with Crippen LogP contribution in [-0.2, 0) is 6.54 Å². The molecule has 3 heterocycles. The van der Waals surface area contributed by atoms with Crippen LogP contribution in [0, 0.1) is 0 Å². The summed E-state index contributed by atoms with van der Waals surface area (Å²) in [5, 5.41) is 5.71. The van der Waals surface area contributed by atoms with E-state index in [1.54, 1.807) is 6.07 Å². The first-order valence-electron chi connectivity index (χ1n) is 11.4. The lowest BCUT2D eigenvalue weighted by Gasteiger charge is -2.32. The first kappa shape index (κ1) is 20.4. The molecule has 0 spiro atoms. The number of imidazole rings is 1. The highest BCUT2D eigenvalue weighted by Crippen LogP contribution is 2.28. The monoisotopic (exact) mass is 429 g/mol. The van der Waals surface area contributed by atoms with Crippen molar-refractivity contribution in [2.45, 2.75) is 45.1 Å². The molecule has 7 heteroatoms. The van der Waals surface area contributed by atoms with Crippen LogP contribution >= 0.6 is 0 Å². The van der Waals surface area contributed by atoms with Gasteiger partial charge < -0.3 is 9.88 Å². The van der Waals surface area contributed by atoms with Gasteiger partial charge in [-0.25, -0.2) is 9.67 Å². The maximum absolute atomic E-state index is 13.6. The van der Waals surface area contributed by atoms with Crippen LogP contribution in [0.4, 0.5) is 0 Å². The number of benzene rings is 2.